The van der Waals surface area contributed by atoms with Crippen molar-refractivity contribution in [1.82, 2.24) is 5.32 Å². The molecule has 19 nitrogen and oxygen atoms in total. The molecule has 19 heteroatoms. The lowest BCUT2D eigenvalue weighted by atomic mass is 9.96. The molecule has 83 heavy (non-hydrogen) atoms. The Hall–Kier alpha value is -1.99. The van der Waals surface area contributed by atoms with Crippen LogP contribution < -0.4 is 5.32 Å². The molecule has 486 valence electrons. The number of ether oxygens (including phenoxy) is 6. The predicted octanol–water partition coefficient (Wildman–Crippen LogP) is 7.27. The molecule has 1 amide bonds. The summed E-state index contributed by atoms with van der Waals surface area (Å²) in [7, 11) is 0. The van der Waals surface area contributed by atoms with Gasteiger partial charge in [0.15, 0.2) is 18.9 Å². The molecule has 3 heterocycles. The van der Waals surface area contributed by atoms with Crippen LogP contribution in [0.2, 0.25) is 0 Å². The number of aliphatic hydroxyl groups excluding tert-OH is 11. The number of rotatable bonds is 49. The van der Waals surface area contributed by atoms with Crippen molar-refractivity contribution in [2.24, 2.45) is 0 Å². The van der Waals surface area contributed by atoms with E-state index in [1.54, 1.807) is 6.08 Å². The van der Waals surface area contributed by atoms with Crippen LogP contribution in [-0.2, 0) is 33.2 Å². The van der Waals surface area contributed by atoms with E-state index >= 15 is 0 Å². The number of hydrogen-bond acceptors (Lipinski definition) is 18. The molecule has 17 atom stereocenters. The average molecular weight is 1190 g/mol. The van der Waals surface area contributed by atoms with Gasteiger partial charge in [0.1, 0.15) is 73.2 Å². The van der Waals surface area contributed by atoms with Crippen LogP contribution in [0.5, 0.6) is 0 Å². The number of allylic oxidation sites excluding steroid dienone is 5. The van der Waals surface area contributed by atoms with Crippen molar-refractivity contribution in [3.05, 3.63) is 36.5 Å². The zero-order valence-corrected chi connectivity index (χ0v) is 50.9. The van der Waals surface area contributed by atoms with Gasteiger partial charge >= 0.3 is 0 Å². The summed E-state index contributed by atoms with van der Waals surface area (Å²) in [5.74, 6) is -0.287. The normalized spacial score (nSPS) is 29.6. The highest BCUT2D eigenvalue weighted by atomic mass is 16.8. The van der Waals surface area contributed by atoms with Crippen LogP contribution in [0, 0.1) is 0 Å². The fourth-order valence-electron chi connectivity index (χ4n) is 11.0. The first-order valence-corrected chi connectivity index (χ1v) is 32.7. The van der Waals surface area contributed by atoms with Gasteiger partial charge in [-0.15, -0.1) is 0 Å². The zero-order valence-electron chi connectivity index (χ0n) is 50.9. The maximum Gasteiger partial charge on any atom is 0.220 e. The molecular formula is C64H117NO18. The summed E-state index contributed by atoms with van der Waals surface area (Å²) in [6.45, 7) is 1.69. The first-order valence-electron chi connectivity index (χ1n) is 32.7. The van der Waals surface area contributed by atoms with Crippen LogP contribution in [0.3, 0.4) is 0 Å². The third-order valence-corrected chi connectivity index (χ3v) is 16.4. The number of nitrogens with one attached hydrogen (secondary N) is 1. The van der Waals surface area contributed by atoms with E-state index in [0.29, 0.717) is 12.8 Å². The Balaban J connectivity index is 1.45. The SMILES string of the molecule is CCCCCC/C=C/CC/C=C/CC/C=C/C(O)C(COC1OC(CO)C(OC2OC(CO)C(OC3OC(CO)C(O)C(O)C3O)C(O)C2O)C(O)C1O)NC(=O)CCCCCCCCCCCCCCCCCCCCCCCCCC. The molecule has 3 fully saturated rings. The van der Waals surface area contributed by atoms with Gasteiger partial charge in [-0.25, -0.2) is 0 Å². The van der Waals surface area contributed by atoms with Crippen LogP contribution in [-0.4, -0.2) is 193 Å². The van der Waals surface area contributed by atoms with Crippen molar-refractivity contribution in [3.63, 3.8) is 0 Å². The van der Waals surface area contributed by atoms with Gasteiger partial charge in [0.05, 0.1) is 38.6 Å². The summed E-state index contributed by atoms with van der Waals surface area (Å²) >= 11 is 0. The highest BCUT2D eigenvalue weighted by Crippen LogP contribution is 2.33. The van der Waals surface area contributed by atoms with E-state index in [4.69, 9.17) is 28.4 Å². The first kappa shape index (κ1) is 75.3. The van der Waals surface area contributed by atoms with E-state index in [0.717, 1.165) is 44.9 Å². The molecule has 17 unspecified atom stereocenters. The fourth-order valence-corrected chi connectivity index (χ4v) is 11.0. The quantitative estimate of drug-likeness (QED) is 0.0211. The van der Waals surface area contributed by atoms with Crippen molar-refractivity contribution < 1.29 is 89.4 Å². The van der Waals surface area contributed by atoms with Gasteiger partial charge in [0.25, 0.3) is 0 Å². The molecular weight excluding hydrogens is 1070 g/mol. The van der Waals surface area contributed by atoms with Gasteiger partial charge in [-0.05, 0) is 44.9 Å². The summed E-state index contributed by atoms with van der Waals surface area (Å²) in [6.07, 6.45) is 25.6. The van der Waals surface area contributed by atoms with E-state index in [2.05, 4.69) is 43.5 Å². The molecule has 3 rings (SSSR count). The van der Waals surface area contributed by atoms with Gasteiger partial charge in [-0.1, -0.05) is 217 Å². The van der Waals surface area contributed by atoms with Crippen molar-refractivity contribution in [2.45, 2.75) is 336 Å². The van der Waals surface area contributed by atoms with E-state index in [1.165, 1.54) is 154 Å². The van der Waals surface area contributed by atoms with E-state index in [9.17, 15) is 61.0 Å². The number of amides is 1. The lowest BCUT2D eigenvalue weighted by Gasteiger charge is -2.48. The van der Waals surface area contributed by atoms with Crippen LogP contribution in [0.1, 0.15) is 232 Å². The van der Waals surface area contributed by atoms with E-state index in [1.807, 2.05) is 6.08 Å². The Morgan fingerprint density at radius 1 is 0.422 bits per heavy atom. The third-order valence-electron chi connectivity index (χ3n) is 16.4. The Bertz CT molecular complexity index is 1660. The summed E-state index contributed by atoms with van der Waals surface area (Å²) in [6, 6.07) is -0.993. The van der Waals surface area contributed by atoms with Gasteiger partial charge in [-0.3, -0.25) is 4.79 Å². The lowest BCUT2D eigenvalue weighted by Crippen LogP contribution is -2.66. The van der Waals surface area contributed by atoms with Gasteiger partial charge < -0.3 is 89.9 Å². The van der Waals surface area contributed by atoms with Gasteiger partial charge in [0.2, 0.25) is 5.91 Å². The molecule has 0 radical (unpaired) electrons. The van der Waals surface area contributed by atoms with Gasteiger partial charge in [-0.2, -0.15) is 0 Å². The Morgan fingerprint density at radius 3 is 1.20 bits per heavy atom. The van der Waals surface area contributed by atoms with Crippen molar-refractivity contribution in [2.75, 3.05) is 26.4 Å². The molecule has 0 aromatic rings. The van der Waals surface area contributed by atoms with Crippen molar-refractivity contribution in [3.8, 4) is 0 Å². The standard InChI is InChI=1S/C64H117NO18/c1-3-5-7-9-11-13-15-17-19-20-21-22-23-24-25-26-27-28-30-32-34-36-38-40-42-52(70)65-47(48(69)41-39-37-35-33-31-29-18-16-14-12-10-8-6-4-2)46-78-62-58(76)55(73)60(50(44-67)80-62)83-64-59(77)56(74)61(51(45-68)81-64)82-63-57(75)54(72)53(71)49(43-66)79-63/h14,16,31,33,39,41,47-51,53-64,66-69,71-77H,3-13,15,17-30,32,34-38,40,42-46H2,1-2H3,(H,65,70)/b16-14+,33-31+,41-39+. The van der Waals surface area contributed by atoms with Crippen LogP contribution in [0.15, 0.2) is 36.5 Å². The topological polar surface area (TPSA) is 307 Å². The Morgan fingerprint density at radius 2 is 0.771 bits per heavy atom. The average Bonchev–Trinajstić information content (AvgIpc) is 3.35. The smallest absolute Gasteiger partial charge is 0.220 e. The highest BCUT2D eigenvalue weighted by molar-refractivity contribution is 5.76. The third kappa shape index (κ3) is 30.2. The lowest BCUT2D eigenvalue weighted by molar-refractivity contribution is -0.379. The highest BCUT2D eigenvalue weighted by Gasteiger charge is 2.53. The second-order valence-electron chi connectivity index (χ2n) is 23.6. The monoisotopic (exact) mass is 1190 g/mol. The number of carbonyl (C=O) groups is 1. The molecule has 12 N–H and O–H groups in total. The molecule has 3 aliphatic rings. The summed E-state index contributed by atoms with van der Waals surface area (Å²) in [4.78, 5) is 13.4. The van der Waals surface area contributed by atoms with Crippen LogP contribution in [0.4, 0.5) is 0 Å². The van der Waals surface area contributed by atoms with Gasteiger partial charge in [0, 0.05) is 6.42 Å². The van der Waals surface area contributed by atoms with E-state index < -0.39 is 124 Å². The van der Waals surface area contributed by atoms with Crippen LogP contribution >= 0.6 is 0 Å². The summed E-state index contributed by atoms with van der Waals surface area (Å²) in [5.41, 5.74) is 0. The number of carbonyl (C=O) groups excluding carboxylic acids is 1. The Labute approximate surface area is 498 Å². The molecule has 0 saturated carbocycles. The predicted molar refractivity (Wildman–Crippen MR) is 319 cm³/mol. The minimum absolute atomic E-state index is 0.236. The summed E-state index contributed by atoms with van der Waals surface area (Å²) < 4.78 is 34.3. The van der Waals surface area contributed by atoms with Crippen molar-refractivity contribution in [1.29, 1.82) is 0 Å². The number of unbranched alkanes of at least 4 members (excludes halogenated alkanes) is 29. The number of hydrogen-bond donors (Lipinski definition) is 12. The Kier molecular flexibility index (Phi) is 42.7. The molecule has 0 aromatic carbocycles. The molecule has 0 spiro atoms. The first-order chi connectivity index (χ1) is 40.3. The fraction of sp³-hybridized carbons (Fsp3) is 0.891. The number of aliphatic hydroxyl groups is 11. The minimum Gasteiger partial charge on any atom is -0.394 e. The van der Waals surface area contributed by atoms with E-state index in [-0.39, 0.29) is 18.9 Å². The maximum atomic E-state index is 13.4. The second kappa shape index (κ2) is 47.1. The minimum atomic E-state index is -1.98. The molecule has 3 saturated heterocycles. The molecule has 0 aromatic heterocycles. The molecule has 3 aliphatic heterocycles. The van der Waals surface area contributed by atoms with Crippen LogP contribution in [0.25, 0.3) is 0 Å². The largest absolute Gasteiger partial charge is 0.394 e. The molecule has 0 bridgehead atoms. The maximum absolute atomic E-state index is 13.4. The molecule has 0 aliphatic carbocycles. The second-order valence-corrected chi connectivity index (χ2v) is 23.6. The van der Waals surface area contributed by atoms with Crippen molar-refractivity contribution >= 4 is 5.91 Å². The summed E-state index contributed by atoms with van der Waals surface area (Å²) in [5, 5.41) is 120. The zero-order chi connectivity index (χ0) is 60.5.